The molecule has 4 saturated heterocycles. The minimum atomic E-state index is 0.313. The van der Waals surface area contributed by atoms with E-state index in [2.05, 4.69) is 28.9 Å². The first-order valence-corrected chi connectivity index (χ1v) is 7.33. The van der Waals surface area contributed by atoms with Gasteiger partial charge in [0.25, 0.3) is 0 Å². The van der Waals surface area contributed by atoms with Gasteiger partial charge < -0.3 is 0 Å². The molecule has 14 heavy (non-hydrogen) atoms. The monoisotopic (exact) mass is 212 g/mol. The lowest BCUT2D eigenvalue weighted by atomic mass is 10.3. The smallest absolute Gasteiger partial charge is 0.137 e. The molecule has 3 nitrogen and oxygen atoms in total. The Bertz CT molecular complexity index is 229. The van der Waals surface area contributed by atoms with Crippen LogP contribution in [0.5, 0.6) is 0 Å². The Kier molecular flexibility index (Phi) is 2.17. The molecule has 0 aliphatic carbocycles. The maximum absolute atomic E-state index is 2.66. The van der Waals surface area contributed by atoms with Gasteiger partial charge in [-0.15, -0.1) is 0 Å². The highest BCUT2D eigenvalue weighted by Gasteiger charge is 2.48. The molecular formula is C10H19N3P+. The summed E-state index contributed by atoms with van der Waals surface area (Å²) in [6.07, 6.45) is 8.87. The van der Waals surface area contributed by atoms with Crippen molar-refractivity contribution in [3.8, 4) is 0 Å². The van der Waals surface area contributed by atoms with E-state index in [1.54, 1.807) is 0 Å². The van der Waals surface area contributed by atoms with Gasteiger partial charge in [-0.2, -0.15) is 0 Å². The lowest BCUT2D eigenvalue weighted by Crippen LogP contribution is -2.71. The van der Waals surface area contributed by atoms with Gasteiger partial charge in [-0.1, -0.05) is 6.08 Å². The number of nitrogens with zero attached hydrogens (tertiary/aromatic N) is 3. The number of allylic oxidation sites excluding steroid dienone is 1. The molecule has 4 fully saturated rings. The van der Waals surface area contributed by atoms with Crippen LogP contribution in [0.15, 0.2) is 12.2 Å². The summed E-state index contributed by atoms with van der Waals surface area (Å²) < 4.78 is 1.33. The second kappa shape index (κ2) is 3.28. The molecule has 0 saturated carbocycles. The molecule has 0 aromatic rings. The third-order valence-electron chi connectivity index (χ3n) is 3.43. The lowest BCUT2D eigenvalue weighted by molar-refractivity contribution is -0.943. The van der Waals surface area contributed by atoms with Crippen LogP contribution in [0.3, 0.4) is 0 Å². The zero-order valence-electron chi connectivity index (χ0n) is 8.89. The Morgan fingerprint density at radius 2 is 2.00 bits per heavy atom. The van der Waals surface area contributed by atoms with Crippen LogP contribution in [0.4, 0.5) is 0 Å². The summed E-state index contributed by atoms with van der Waals surface area (Å²) in [6.45, 7) is 7.24. The van der Waals surface area contributed by atoms with Gasteiger partial charge in [0, 0.05) is 12.6 Å². The van der Waals surface area contributed by atoms with Gasteiger partial charge in [-0.25, -0.2) is 9.80 Å². The van der Waals surface area contributed by atoms with Gasteiger partial charge in [-0.05, 0) is 20.9 Å². The molecule has 0 amide bonds. The maximum atomic E-state index is 2.66. The second-order valence-electron chi connectivity index (χ2n) is 4.95. The molecule has 0 aromatic carbocycles. The van der Waals surface area contributed by atoms with Crippen molar-refractivity contribution >= 4 is 7.92 Å². The minimum Gasteiger partial charge on any atom is -0.292 e. The highest BCUT2D eigenvalue weighted by Crippen LogP contribution is 2.50. The predicted octanol–water partition coefficient (Wildman–Crippen LogP) is 1.25. The molecule has 4 heteroatoms. The molecule has 78 valence electrons. The van der Waals surface area contributed by atoms with E-state index in [0.29, 0.717) is 7.92 Å². The Labute approximate surface area is 87.3 Å². The first kappa shape index (κ1) is 9.29. The van der Waals surface area contributed by atoms with Crippen LogP contribution < -0.4 is 0 Å². The Morgan fingerprint density at radius 3 is 2.57 bits per heavy atom. The fraction of sp³-hybridized carbons (Fsp3) is 0.800. The highest BCUT2D eigenvalue weighted by atomic mass is 31.1. The third kappa shape index (κ3) is 1.43. The SMILES string of the molecule is C/C=C/C[N+]12CN3CN(CP(C3)C1)C2. The molecule has 4 heterocycles. The summed E-state index contributed by atoms with van der Waals surface area (Å²) in [4.78, 5) is 5.32. The van der Waals surface area contributed by atoms with E-state index in [-0.39, 0.29) is 0 Å². The van der Waals surface area contributed by atoms with Gasteiger partial charge in [0.2, 0.25) is 0 Å². The molecule has 2 unspecified atom stereocenters. The molecule has 4 aliphatic heterocycles. The molecule has 0 aromatic heterocycles. The minimum absolute atomic E-state index is 0.313. The van der Waals surface area contributed by atoms with E-state index in [1.165, 1.54) is 49.9 Å². The number of rotatable bonds is 2. The van der Waals surface area contributed by atoms with Crippen molar-refractivity contribution in [2.45, 2.75) is 6.92 Å². The third-order valence-corrected chi connectivity index (χ3v) is 6.03. The van der Waals surface area contributed by atoms with Crippen molar-refractivity contribution in [1.29, 1.82) is 0 Å². The molecular weight excluding hydrogens is 193 g/mol. The van der Waals surface area contributed by atoms with Gasteiger partial charge in [0.15, 0.2) is 0 Å². The van der Waals surface area contributed by atoms with E-state index in [9.17, 15) is 0 Å². The number of hydrogen-bond acceptors (Lipinski definition) is 2. The molecule has 4 aliphatic rings. The fourth-order valence-electron chi connectivity index (χ4n) is 3.16. The van der Waals surface area contributed by atoms with Crippen LogP contribution in [0.2, 0.25) is 0 Å². The van der Waals surface area contributed by atoms with Crippen LogP contribution in [0, 0.1) is 0 Å². The van der Waals surface area contributed by atoms with Gasteiger partial charge in [0.05, 0.1) is 13.2 Å². The Hall–Kier alpha value is 0.0500. The lowest BCUT2D eigenvalue weighted by Gasteiger charge is -2.59. The summed E-state index contributed by atoms with van der Waals surface area (Å²) >= 11 is 0. The normalized spacial score (nSPS) is 50.5. The van der Waals surface area contributed by atoms with Gasteiger partial charge >= 0.3 is 0 Å². The number of hydrogen-bond donors (Lipinski definition) is 0. The average molecular weight is 212 g/mol. The standard InChI is InChI=1S/C10H19N3P/c1-2-3-4-13-6-11-5-12(7-13)9-14(8-11)10-13/h2-3H,4-10H2,1H3/q+1/b3-2+. The molecule has 2 atom stereocenters. The first-order valence-electron chi connectivity index (χ1n) is 5.43. The summed E-state index contributed by atoms with van der Waals surface area (Å²) in [6, 6.07) is 0. The van der Waals surface area contributed by atoms with Crippen LogP contribution >= 0.6 is 7.92 Å². The largest absolute Gasteiger partial charge is 0.292 e. The Balaban J connectivity index is 1.80. The van der Waals surface area contributed by atoms with Crippen molar-refractivity contribution in [3.05, 3.63) is 12.2 Å². The van der Waals surface area contributed by atoms with Gasteiger partial charge in [0.1, 0.15) is 19.6 Å². The van der Waals surface area contributed by atoms with E-state index in [4.69, 9.17) is 0 Å². The van der Waals surface area contributed by atoms with Crippen LogP contribution in [-0.2, 0) is 0 Å². The summed E-state index contributed by atoms with van der Waals surface area (Å²) in [7, 11) is 0.313. The highest BCUT2D eigenvalue weighted by molar-refractivity contribution is 7.57. The quantitative estimate of drug-likeness (QED) is 0.386. The van der Waals surface area contributed by atoms with Crippen molar-refractivity contribution in [2.24, 2.45) is 0 Å². The Morgan fingerprint density at radius 1 is 1.29 bits per heavy atom. The zero-order chi connectivity index (χ0) is 9.60. The summed E-state index contributed by atoms with van der Waals surface area (Å²) in [5, 5.41) is 0. The molecule has 0 N–H and O–H groups in total. The maximum Gasteiger partial charge on any atom is 0.137 e. The molecule has 4 rings (SSSR count). The summed E-state index contributed by atoms with van der Waals surface area (Å²) in [5.41, 5.74) is 0. The van der Waals surface area contributed by atoms with Crippen molar-refractivity contribution in [3.63, 3.8) is 0 Å². The zero-order valence-corrected chi connectivity index (χ0v) is 9.79. The first-order chi connectivity index (χ1) is 6.80. The predicted molar refractivity (Wildman–Crippen MR) is 59.7 cm³/mol. The average Bonchev–Trinajstić information content (AvgIpc) is 2.12. The van der Waals surface area contributed by atoms with Crippen molar-refractivity contribution < 1.29 is 4.48 Å². The van der Waals surface area contributed by atoms with E-state index < -0.39 is 0 Å². The summed E-state index contributed by atoms with van der Waals surface area (Å²) in [5.74, 6) is 0. The van der Waals surface area contributed by atoms with Gasteiger partial charge in [-0.3, -0.25) is 4.48 Å². The molecule has 0 radical (unpaired) electrons. The second-order valence-corrected chi connectivity index (χ2v) is 7.14. The fourth-order valence-corrected chi connectivity index (χ4v) is 6.06. The van der Waals surface area contributed by atoms with Crippen LogP contribution in [0.25, 0.3) is 0 Å². The molecule has 0 spiro atoms. The molecule has 4 bridgehead atoms. The van der Waals surface area contributed by atoms with Crippen molar-refractivity contribution in [1.82, 2.24) is 9.80 Å². The van der Waals surface area contributed by atoms with Crippen LogP contribution in [0.1, 0.15) is 6.92 Å². The van der Waals surface area contributed by atoms with Crippen LogP contribution in [-0.4, -0.2) is 59.7 Å². The topological polar surface area (TPSA) is 6.48 Å². The van der Waals surface area contributed by atoms with E-state index in [0.717, 1.165) is 0 Å². The number of quaternary nitrogens is 1. The van der Waals surface area contributed by atoms with E-state index in [1.807, 2.05) is 0 Å². The van der Waals surface area contributed by atoms with Crippen molar-refractivity contribution in [2.75, 3.05) is 45.4 Å². The van der Waals surface area contributed by atoms with E-state index >= 15 is 0 Å².